The Kier molecular flexibility index (Phi) is 4.20. The van der Waals surface area contributed by atoms with Gasteiger partial charge in [0.25, 0.3) is 0 Å². The fourth-order valence-electron chi connectivity index (χ4n) is 2.86. The van der Waals surface area contributed by atoms with Crippen LogP contribution in [0.1, 0.15) is 10.4 Å². The van der Waals surface area contributed by atoms with Crippen molar-refractivity contribution in [3.63, 3.8) is 0 Å². The number of para-hydroxylation sites is 1. The second kappa shape index (κ2) is 6.55. The highest BCUT2D eigenvalue weighted by Crippen LogP contribution is 2.33. The number of carbonyl (C=O) groups excluding carboxylic acids is 1. The van der Waals surface area contributed by atoms with Gasteiger partial charge in [-0.15, -0.1) is 0 Å². The molecule has 3 aromatic carbocycles. The maximum atomic E-state index is 13.9. The molecule has 0 unspecified atom stereocenters. The van der Waals surface area contributed by atoms with Gasteiger partial charge in [-0.3, -0.25) is 0 Å². The largest absolute Gasteiger partial charge is 0.416 e. The number of ether oxygens (including phenoxy) is 1. The Morgan fingerprint density at radius 2 is 1.59 bits per heavy atom. The molecule has 0 atom stereocenters. The molecule has 0 radical (unpaired) electrons. The van der Waals surface area contributed by atoms with Crippen molar-refractivity contribution in [2.24, 2.45) is 0 Å². The molecule has 7 heteroatoms. The van der Waals surface area contributed by atoms with E-state index in [1.165, 1.54) is 0 Å². The van der Waals surface area contributed by atoms with E-state index in [0.717, 1.165) is 0 Å². The van der Waals surface area contributed by atoms with Gasteiger partial charge in [0.1, 0.15) is 0 Å². The lowest BCUT2D eigenvalue weighted by Gasteiger charge is -2.12. The van der Waals surface area contributed by atoms with Crippen LogP contribution in [-0.2, 0) is 0 Å². The third kappa shape index (κ3) is 2.88. The van der Waals surface area contributed by atoms with Crippen molar-refractivity contribution in [2.45, 2.75) is 0 Å². The van der Waals surface area contributed by atoms with Crippen molar-refractivity contribution in [3.05, 3.63) is 82.6 Å². The molecule has 0 aliphatic carbocycles. The summed E-state index contributed by atoms with van der Waals surface area (Å²) in [5.74, 6) is -6.30. The third-order valence-corrected chi connectivity index (χ3v) is 4.37. The molecule has 1 heterocycles. The summed E-state index contributed by atoms with van der Waals surface area (Å²) in [4.78, 5) is 17.3. The van der Waals surface area contributed by atoms with Gasteiger partial charge in [0, 0.05) is 10.8 Å². The number of esters is 1. The molecule has 0 bridgehead atoms. The highest BCUT2D eigenvalue weighted by molar-refractivity contribution is 6.37. The molecule has 0 amide bonds. The number of hydrogen-bond donors (Lipinski definition) is 0. The summed E-state index contributed by atoms with van der Waals surface area (Å²) in [6, 6.07) is 12.8. The molecular formula is C20H9ClF3NO2. The quantitative estimate of drug-likeness (QED) is 0.192. The fraction of sp³-hybridized carbons (Fsp3) is 0. The first-order chi connectivity index (χ1) is 13.0. The van der Waals surface area contributed by atoms with Crippen LogP contribution < -0.4 is 4.74 Å². The Hall–Kier alpha value is -3.12. The SMILES string of the molecule is O=C(Oc1c(F)ccc(F)c1F)c1c2ccccc2nc2cccc(Cl)c12. The standard InChI is InChI=1S/C20H9ClF3NO2/c21-11-5-3-7-15-17(11)16(10-4-1-2-6-14(10)25-15)20(26)27-19-13(23)9-8-12(22)18(19)24/h1-9H. The van der Waals surface area contributed by atoms with Crippen LogP contribution in [0.4, 0.5) is 13.2 Å². The zero-order valence-corrected chi connectivity index (χ0v) is 14.2. The molecule has 134 valence electrons. The summed E-state index contributed by atoms with van der Waals surface area (Å²) >= 11 is 6.24. The van der Waals surface area contributed by atoms with E-state index in [1.54, 1.807) is 42.5 Å². The van der Waals surface area contributed by atoms with Gasteiger partial charge in [0.05, 0.1) is 21.6 Å². The van der Waals surface area contributed by atoms with Gasteiger partial charge in [-0.2, -0.15) is 4.39 Å². The summed E-state index contributed by atoms with van der Waals surface area (Å²) in [5, 5.41) is 0.887. The lowest BCUT2D eigenvalue weighted by molar-refractivity contribution is 0.0723. The number of carbonyl (C=O) groups is 1. The monoisotopic (exact) mass is 387 g/mol. The zero-order chi connectivity index (χ0) is 19.1. The van der Waals surface area contributed by atoms with Gasteiger partial charge in [0.2, 0.25) is 11.6 Å². The van der Waals surface area contributed by atoms with Crippen LogP contribution >= 0.6 is 11.6 Å². The number of aromatic nitrogens is 1. The number of nitrogens with zero attached hydrogens (tertiary/aromatic N) is 1. The van der Waals surface area contributed by atoms with Crippen LogP contribution in [0.3, 0.4) is 0 Å². The molecule has 0 aliphatic rings. The molecular weight excluding hydrogens is 379 g/mol. The van der Waals surface area contributed by atoms with Gasteiger partial charge in [-0.1, -0.05) is 35.9 Å². The minimum atomic E-state index is -1.59. The predicted molar refractivity (Wildman–Crippen MR) is 95.5 cm³/mol. The van der Waals surface area contributed by atoms with Crippen LogP contribution in [0, 0.1) is 17.5 Å². The summed E-state index contributed by atoms with van der Waals surface area (Å²) in [6.45, 7) is 0. The lowest BCUT2D eigenvalue weighted by atomic mass is 10.0. The van der Waals surface area contributed by atoms with Crippen molar-refractivity contribution in [1.29, 1.82) is 0 Å². The van der Waals surface area contributed by atoms with Crippen molar-refractivity contribution >= 4 is 39.4 Å². The van der Waals surface area contributed by atoms with Crippen LogP contribution in [0.25, 0.3) is 21.8 Å². The van der Waals surface area contributed by atoms with Crippen LogP contribution in [0.15, 0.2) is 54.6 Å². The Bertz CT molecular complexity index is 1230. The molecule has 4 rings (SSSR count). The second-order valence-corrected chi connectivity index (χ2v) is 6.11. The topological polar surface area (TPSA) is 39.2 Å². The average molecular weight is 388 g/mol. The number of fused-ring (bicyclic) bond motifs is 2. The van der Waals surface area contributed by atoms with Crippen LogP contribution in [0.2, 0.25) is 5.02 Å². The first-order valence-electron chi connectivity index (χ1n) is 7.80. The van der Waals surface area contributed by atoms with Gasteiger partial charge < -0.3 is 4.74 Å². The van der Waals surface area contributed by atoms with Crippen LogP contribution in [-0.4, -0.2) is 11.0 Å². The fourth-order valence-corrected chi connectivity index (χ4v) is 3.12. The molecule has 1 aromatic heterocycles. The smallest absolute Gasteiger partial charge is 0.345 e. The normalized spacial score (nSPS) is 11.1. The predicted octanol–water partition coefficient (Wildman–Crippen LogP) is 5.68. The highest BCUT2D eigenvalue weighted by atomic mass is 35.5. The minimum Gasteiger partial charge on any atom is -0.416 e. The maximum absolute atomic E-state index is 13.9. The minimum absolute atomic E-state index is 0.00994. The van der Waals surface area contributed by atoms with Crippen molar-refractivity contribution in [1.82, 2.24) is 4.98 Å². The first-order valence-corrected chi connectivity index (χ1v) is 8.18. The molecule has 0 saturated carbocycles. The molecule has 4 aromatic rings. The van der Waals surface area contributed by atoms with Gasteiger partial charge in [-0.05, 0) is 30.3 Å². The van der Waals surface area contributed by atoms with Gasteiger partial charge in [0.15, 0.2) is 11.6 Å². The van der Waals surface area contributed by atoms with E-state index >= 15 is 0 Å². The number of hydrogen-bond acceptors (Lipinski definition) is 3. The van der Waals surface area contributed by atoms with E-state index in [4.69, 9.17) is 16.3 Å². The molecule has 27 heavy (non-hydrogen) atoms. The molecule has 0 aliphatic heterocycles. The average Bonchev–Trinajstić information content (AvgIpc) is 2.66. The van der Waals surface area contributed by atoms with Crippen molar-refractivity contribution < 1.29 is 22.7 Å². The highest BCUT2D eigenvalue weighted by Gasteiger charge is 2.24. The lowest BCUT2D eigenvalue weighted by Crippen LogP contribution is -2.13. The van der Waals surface area contributed by atoms with Gasteiger partial charge >= 0.3 is 5.97 Å². The Morgan fingerprint density at radius 3 is 2.41 bits per heavy atom. The molecule has 0 spiro atoms. The Morgan fingerprint density at radius 1 is 0.889 bits per heavy atom. The zero-order valence-electron chi connectivity index (χ0n) is 13.5. The van der Waals surface area contributed by atoms with E-state index in [2.05, 4.69) is 4.98 Å². The van der Waals surface area contributed by atoms with Crippen molar-refractivity contribution in [2.75, 3.05) is 0 Å². The summed E-state index contributed by atoms with van der Waals surface area (Å²) < 4.78 is 46.1. The number of pyridine rings is 1. The van der Waals surface area contributed by atoms with E-state index in [0.29, 0.717) is 28.6 Å². The number of halogens is 4. The number of rotatable bonds is 2. The summed E-state index contributed by atoms with van der Waals surface area (Å²) in [5.41, 5.74) is 0.872. The molecule has 0 saturated heterocycles. The molecule has 0 fully saturated rings. The summed E-state index contributed by atoms with van der Waals surface area (Å²) in [7, 11) is 0. The van der Waals surface area contributed by atoms with E-state index in [1.807, 2.05) is 0 Å². The van der Waals surface area contributed by atoms with Crippen molar-refractivity contribution in [3.8, 4) is 5.75 Å². The second-order valence-electron chi connectivity index (χ2n) is 5.70. The Labute approximate surface area is 156 Å². The van der Waals surface area contributed by atoms with Gasteiger partial charge in [-0.25, -0.2) is 18.6 Å². The van der Waals surface area contributed by atoms with E-state index in [9.17, 15) is 18.0 Å². The summed E-state index contributed by atoms with van der Waals surface area (Å²) in [6.07, 6.45) is 0. The Balaban J connectivity index is 1.97. The molecule has 3 nitrogen and oxygen atoms in total. The van der Waals surface area contributed by atoms with Crippen LogP contribution in [0.5, 0.6) is 5.75 Å². The van der Waals surface area contributed by atoms with E-state index < -0.39 is 29.2 Å². The maximum Gasteiger partial charge on any atom is 0.345 e. The number of benzene rings is 3. The first kappa shape index (κ1) is 17.3. The van der Waals surface area contributed by atoms with E-state index in [-0.39, 0.29) is 16.0 Å². The third-order valence-electron chi connectivity index (χ3n) is 4.06. The molecule has 0 N–H and O–H groups in total.